The molecular weight excluding hydrogens is 152 g/mol. The van der Waals surface area contributed by atoms with Crippen LogP contribution in [-0.4, -0.2) is 6.29 Å². The van der Waals surface area contributed by atoms with E-state index in [1.165, 1.54) is 0 Å². The van der Waals surface area contributed by atoms with Gasteiger partial charge in [-0.1, -0.05) is 6.07 Å². The molecule has 1 heterocycles. The zero-order valence-electron chi connectivity index (χ0n) is 6.70. The minimum absolute atomic E-state index is 0.612. The Labute approximate surface area is 69.8 Å². The fourth-order valence-corrected chi connectivity index (χ4v) is 1.32. The smallest absolute Gasteiger partial charge is 0.153 e. The third kappa shape index (κ3) is 0.848. The van der Waals surface area contributed by atoms with Crippen LogP contribution >= 0.6 is 0 Å². The lowest BCUT2D eigenvalue weighted by Gasteiger charge is -1.95. The monoisotopic (exact) mass is 160 g/mol. The van der Waals surface area contributed by atoms with Gasteiger partial charge in [-0.15, -0.1) is 0 Å². The van der Waals surface area contributed by atoms with Crippen LogP contribution in [0.15, 0.2) is 28.9 Å². The first-order valence-electron chi connectivity index (χ1n) is 3.75. The van der Waals surface area contributed by atoms with E-state index in [2.05, 4.69) is 0 Å². The van der Waals surface area contributed by atoms with Crippen molar-refractivity contribution in [3.05, 3.63) is 35.6 Å². The second-order valence-electron chi connectivity index (χ2n) is 2.75. The Morgan fingerprint density at radius 2 is 2.17 bits per heavy atom. The Morgan fingerprint density at radius 1 is 1.33 bits per heavy atom. The molecular formula is C10H8O2. The maximum absolute atomic E-state index is 10.6. The summed E-state index contributed by atoms with van der Waals surface area (Å²) in [5, 5.41) is 1.01. The molecule has 0 bridgehead atoms. The van der Waals surface area contributed by atoms with Crippen molar-refractivity contribution in [3.8, 4) is 0 Å². The Kier molecular flexibility index (Phi) is 1.47. The van der Waals surface area contributed by atoms with E-state index in [0.29, 0.717) is 11.1 Å². The van der Waals surface area contributed by atoms with Crippen molar-refractivity contribution in [2.24, 2.45) is 0 Å². The summed E-state index contributed by atoms with van der Waals surface area (Å²) >= 11 is 0. The van der Waals surface area contributed by atoms with Gasteiger partial charge in [0.1, 0.15) is 5.58 Å². The van der Waals surface area contributed by atoms with Crippen molar-refractivity contribution in [1.82, 2.24) is 0 Å². The third-order valence-electron chi connectivity index (χ3n) is 1.99. The first kappa shape index (κ1) is 7.10. The highest BCUT2D eigenvalue weighted by molar-refractivity contribution is 5.95. The summed E-state index contributed by atoms with van der Waals surface area (Å²) in [4.78, 5) is 10.6. The van der Waals surface area contributed by atoms with Crippen molar-refractivity contribution in [1.29, 1.82) is 0 Å². The van der Waals surface area contributed by atoms with Gasteiger partial charge in [0.2, 0.25) is 0 Å². The number of hydrogen-bond donors (Lipinski definition) is 0. The molecule has 0 saturated heterocycles. The zero-order chi connectivity index (χ0) is 8.55. The molecule has 0 aliphatic heterocycles. The number of aryl methyl sites for hydroxylation is 1. The van der Waals surface area contributed by atoms with Crippen LogP contribution in [0.5, 0.6) is 0 Å². The summed E-state index contributed by atoms with van der Waals surface area (Å²) in [5.41, 5.74) is 2.43. The molecule has 0 fully saturated rings. The highest BCUT2D eigenvalue weighted by Crippen LogP contribution is 2.22. The number of carbonyl (C=O) groups is 1. The summed E-state index contributed by atoms with van der Waals surface area (Å²) in [6.07, 6.45) is 2.41. The quantitative estimate of drug-likeness (QED) is 0.600. The fourth-order valence-electron chi connectivity index (χ4n) is 1.32. The van der Waals surface area contributed by atoms with E-state index in [4.69, 9.17) is 4.42 Å². The van der Waals surface area contributed by atoms with E-state index >= 15 is 0 Å². The summed E-state index contributed by atoms with van der Waals surface area (Å²) in [7, 11) is 0. The lowest BCUT2D eigenvalue weighted by atomic mass is 10.1. The predicted molar refractivity (Wildman–Crippen MR) is 46.3 cm³/mol. The number of aldehydes is 1. The zero-order valence-corrected chi connectivity index (χ0v) is 6.70. The van der Waals surface area contributed by atoms with Crippen LogP contribution in [0.1, 0.15) is 15.9 Å². The Balaban J connectivity index is 2.91. The van der Waals surface area contributed by atoms with Gasteiger partial charge in [-0.25, -0.2) is 0 Å². The number of benzene rings is 1. The first-order valence-corrected chi connectivity index (χ1v) is 3.75. The summed E-state index contributed by atoms with van der Waals surface area (Å²) in [6.45, 7) is 1.99. The predicted octanol–water partition coefficient (Wildman–Crippen LogP) is 2.55. The molecule has 0 aliphatic carbocycles. The molecule has 2 nitrogen and oxygen atoms in total. The highest BCUT2D eigenvalue weighted by Gasteiger charge is 2.04. The average molecular weight is 160 g/mol. The van der Waals surface area contributed by atoms with Gasteiger partial charge in [0.05, 0.1) is 11.8 Å². The van der Waals surface area contributed by atoms with Crippen LogP contribution in [0, 0.1) is 6.92 Å². The fraction of sp³-hybridized carbons (Fsp3) is 0.100. The molecule has 2 heteroatoms. The number of carbonyl (C=O) groups excluding carboxylic acids is 1. The number of furan rings is 1. The third-order valence-corrected chi connectivity index (χ3v) is 1.99. The molecule has 1 aromatic carbocycles. The average Bonchev–Trinajstić information content (AvgIpc) is 2.54. The van der Waals surface area contributed by atoms with Crippen LogP contribution < -0.4 is 0 Å². The minimum Gasteiger partial charge on any atom is -0.464 e. The van der Waals surface area contributed by atoms with E-state index in [1.54, 1.807) is 12.3 Å². The lowest BCUT2D eigenvalue weighted by Crippen LogP contribution is -1.81. The second-order valence-corrected chi connectivity index (χ2v) is 2.75. The van der Waals surface area contributed by atoms with E-state index in [-0.39, 0.29) is 0 Å². The number of fused-ring (bicyclic) bond motifs is 1. The molecule has 0 N–H and O–H groups in total. The molecule has 0 unspecified atom stereocenters. The topological polar surface area (TPSA) is 30.2 Å². The summed E-state index contributed by atoms with van der Waals surface area (Å²) in [5.74, 6) is 0. The van der Waals surface area contributed by atoms with Crippen LogP contribution in [0.25, 0.3) is 11.0 Å². The van der Waals surface area contributed by atoms with Crippen LogP contribution in [0.3, 0.4) is 0 Å². The minimum atomic E-state index is 0.612. The van der Waals surface area contributed by atoms with Crippen molar-refractivity contribution < 1.29 is 9.21 Å². The van der Waals surface area contributed by atoms with Crippen LogP contribution in [-0.2, 0) is 0 Å². The van der Waals surface area contributed by atoms with Crippen LogP contribution in [0.4, 0.5) is 0 Å². The van der Waals surface area contributed by atoms with Gasteiger partial charge in [-0.05, 0) is 24.6 Å². The molecule has 0 radical (unpaired) electrons. The molecule has 1 aromatic heterocycles. The van der Waals surface area contributed by atoms with Crippen LogP contribution in [0.2, 0.25) is 0 Å². The molecule has 0 saturated carbocycles. The van der Waals surface area contributed by atoms with Crippen molar-refractivity contribution >= 4 is 17.3 Å². The maximum atomic E-state index is 10.6. The lowest BCUT2D eigenvalue weighted by molar-refractivity contribution is 0.112. The molecule has 0 spiro atoms. The molecule has 0 amide bonds. The number of hydrogen-bond acceptors (Lipinski definition) is 2. The van der Waals surface area contributed by atoms with Crippen molar-refractivity contribution in [3.63, 3.8) is 0 Å². The highest BCUT2D eigenvalue weighted by atomic mass is 16.3. The SMILES string of the molecule is Cc1ccc(C=O)c2occc12. The summed E-state index contributed by atoms with van der Waals surface area (Å²) in [6, 6.07) is 5.56. The molecule has 12 heavy (non-hydrogen) atoms. The van der Waals surface area contributed by atoms with Gasteiger partial charge in [-0.2, -0.15) is 0 Å². The largest absolute Gasteiger partial charge is 0.464 e. The van der Waals surface area contributed by atoms with E-state index in [0.717, 1.165) is 17.2 Å². The second kappa shape index (κ2) is 2.48. The van der Waals surface area contributed by atoms with Gasteiger partial charge >= 0.3 is 0 Å². The summed E-state index contributed by atoms with van der Waals surface area (Å²) < 4.78 is 5.19. The van der Waals surface area contributed by atoms with E-state index in [9.17, 15) is 4.79 Å². The molecule has 0 aliphatic rings. The van der Waals surface area contributed by atoms with Crippen molar-refractivity contribution in [2.75, 3.05) is 0 Å². The Bertz CT molecular complexity index is 426. The van der Waals surface area contributed by atoms with Gasteiger partial charge in [0.25, 0.3) is 0 Å². The molecule has 2 rings (SSSR count). The van der Waals surface area contributed by atoms with Gasteiger partial charge in [0, 0.05) is 5.39 Å². The maximum Gasteiger partial charge on any atom is 0.153 e. The van der Waals surface area contributed by atoms with Gasteiger partial charge in [0.15, 0.2) is 6.29 Å². The molecule has 0 atom stereocenters. The number of rotatable bonds is 1. The molecule has 2 aromatic rings. The Morgan fingerprint density at radius 3 is 2.92 bits per heavy atom. The van der Waals surface area contributed by atoms with Gasteiger partial charge < -0.3 is 4.42 Å². The van der Waals surface area contributed by atoms with Crippen molar-refractivity contribution in [2.45, 2.75) is 6.92 Å². The molecule has 60 valence electrons. The normalized spacial score (nSPS) is 10.4. The first-order chi connectivity index (χ1) is 5.83. The van der Waals surface area contributed by atoms with E-state index in [1.807, 2.05) is 19.1 Å². The standard InChI is InChI=1S/C10H8O2/c1-7-2-3-8(6-11)10-9(7)4-5-12-10/h2-6H,1H3. The van der Waals surface area contributed by atoms with E-state index < -0.39 is 0 Å². The van der Waals surface area contributed by atoms with Gasteiger partial charge in [-0.3, -0.25) is 4.79 Å². The Hall–Kier alpha value is -1.57.